The number of carbonyl (C=O) groups excluding carboxylic acids is 1. The van der Waals surface area contributed by atoms with Crippen molar-refractivity contribution in [2.45, 2.75) is 20.4 Å². The van der Waals surface area contributed by atoms with Gasteiger partial charge in [0, 0.05) is 23.1 Å². The Balaban J connectivity index is 0.00000176. The van der Waals surface area contributed by atoms with Crippen molar-refractivity contribution in [1.82, 2.24) is 0 Å². The lowest BCUT2D eigenvalue weighted by Crippen LogP contribution is -2.38. The van der Waals surface area contributed by atoms with Crippen LogP contribution in [0.4, 0.5) is 0 Å². The third-order valence-corrected chi connectivity index (χ3v) is 3.72. The number of ketones is 1. The lowest BCUT2D eigenvalue weighted by atomic mass is 10.1. The highest BCUT2D eigenvalue weighted by Crippen LogP contribution is 2.12. The van der Waals surface area contributed by atoms with Gasteiger partial charge in [0.15, 0.2) is 6.20 Å². The fraction of sp³-hybridized carbons (Fsp3) is 0.158. The van der Waals surface area contributed by atoms with E-state index in [1.54, 1.807) is 0 Å². The molecule has 0 aliphatic heterocycles. The average Bonchev–Trinajstić information content (AvgIpc) is 2.47. The molecule has 0 bridgehead atoms. The molecule has 0 aliphatic carbocycles. The number of aryl methyl sites for hydroxylation is 2. The minimum Gasteiger partial charge on any atom is -0.287 e. The molecule has 3 rings (SSSR count). The van der Waals surface area contributed by atoms with Gasteiger partial charge in [-0.15, -0.1) is 17.0 Å². The van der Waals surface area contributed by atoms with E-state index in [0.29, 0.717) is 6.54 Å². The lowest BCUT2D eigenvalue weighted by Gasteiger charge is -2.03. The minimum absolute atomic E-state index is 0. The summed E-state index contributed by atoms with van der Waals surface area (Å²) in [5.74, 6) is 0.132. The number of Topliss-reactive ketones (excluding diaryl/α,β-unsaturated/α-hetero) is 1. The Morgan fingerprint density at radius 2 is 1.64 bits per heavy atom. The average molecular weight is 357 g/mol. The second kappa shape index (κ2) is 6.84. The molecule has 2 aromatic carbocycles. The maximum atomic E-state index is 12.4. The highest BCUT2D eigenvalue weighted by molar-refractivity contribution is 8.93. The number of fused-ring (bicyclic) bond motifs is 1. The van der Waals surface area contributed by atoms with Crippen molar-refractivity contribution in [3.8, 4) is 0 Å². The first kappa shape index (κ1) is 16.4. The van der Waals surface area contributed by atoms with Gasteiger partial charge in [0.2, 0.25) is 17.8 Å². The van der Waals surface area contributed by atoms with E-state index in [9.17, 15) is 4.79 Å². The molecule has 0 saturated carbocycles. The second-order valence-corrected chi connectivity index (χ2v) is 5.49. The van der Waals surface area contributed by atoms with Crippen LogP contribution in [-0.4, -0.2) is 5.78 Å². The zero-order valence-corrected chi connectivity index (χ0v) is 14.5. The Hall–Kier alpha value is -2.00. The molecule has 0 aliphatic rings. The topological polar surface area (TPSA) is 20.9 Å². The summed E-state index contributed by atoms with van der Waals surface area (Å²) in [5.41, 5.74) is 4.24. The van der Waals surface area contributed by atoms with Crippen molar-refractivity contribution in [3.63, 3.8) is 0 Å². The molecule has 0 atom stereocenters. The van der Waals surface area contributed by atoms with E-state index in [0.717, 1.165) is 16.5 Å². The summed E-state index contributed by atoms with van der Waals surface area (Å²) in [4.78, 5) is 12.4. The van der Waals surface area contributed by atoms with Gasteiger partial charge in [-0.05, 0) is 26.0 Å². The number of rotatable bonds is 3. The summed E-state index contributed by atoms with van der Waals surface area (Å²) in [6, 6.07) is 18.1. The monoisotopic (exact) mass is 356 g/mol. The number of aromatic nitrogens is 1. The molecule has 2 nitrogen and oxygen atoms in total. The third-order valence-electron chi connectivity index (χ3n) is 3.72. The summed E-state index contributed by atoms with van der Waals surface area (Å²) in [6.07, 6.45) is 1.96. The molecule has 0 unspecified atom stereocenters. The highest BCUT2D eigenvalue weighted by atomic mass is 79.9. The number of nitrogens with zero attached hydrogens (tertiary/aromatic N) is 1. The number of benzene rings is 2. The fourth-order valence-electron chi connectivity index (χ4n) is 2.52. The molecule has 112 valence electrons. The zero-order chi connectivity index (χ0) is 14.8. The summed E-state index contributed by atoms with van der Waals surface area (Å²) >= 11 is 0. The molecular formula is C19H19BrNO+. The predicted molar refractivity (Wildman–Crippen MR) is 94.7 cm³/mol. The van der Waals surface area contributed by atoms with Crippen molar-refractivity contribution in [2.24, 2.45) is 0 Å². The highest BCUT2D eigenvalue weighted by Gasteiger charge is 2.15. The Bertz CT molecular complexity index is 809. The Kier molecular flexibility index (Phi) is 5.09. The first-order chi connectivity index (χ1) is 10.1. The first-order valence-corrected chi connectivity index (χ1v) is 7.12. The van der Waals surface area contributed by atoms with Crippen LogP contribution < -0.4 is 4.57 Å². The summed E-state index contributed by atoms with van der Waals surface area (Å²) in [7, 11) is 0. The number of halogens is 1. The van der Waals surface area contributed by atoms with Crippen molar-refractivity contribution >= 4 is 33.7 Å². The van der Waals surface area contributed by atoms with Gasteiger partial charge in [-0.3, -0.25) is 4.79 Å². The van der Waals surface area contributed by atoms with Gasteiger partial charge in [-0.1, -0.05) is 41.5 Å². The third kappa shape index (κ3) is 3.42. The van der Waals surface area contributed by atoms with Gasteiger partial charge in [0.25, 0.3) is 0 Å². The van der Waals surface area contributed by atoms with Gasteiger partial charge < -0.3 is 0 Å². The van der Waals surface area contributed by atoms with Crippen LogP contribution in [0.5, 0.6) is 0 Å². The number of hydrogen-bond acceptors (Lipinski definition) is 1. The zero-order valence-electron chi connectivity index (χ0n) is 12.7. The minimum atomic E-state index is 0. The second-order valence-electron chi connectivity index (χ2n) is 5.49. The van der Waals surface area contributed by atoms with E-state index < -0.39 is 0 Å². The molecule has 3 aromatic rings. The van der Waals surface area contributed by atoms with Gasteiger partial charge in [-0.25, -0.2) is 0 Å². The quantitative estimate of drug-likeness (QED) is 0.508. The van der Waals surface area contributed by atoms with Crippen LogP contribution in [-0.2, 0) is 6.54 Å². The van der Waals surface area contributed by atoms with Crippen molar-refractivity contribution in [1.29, 1.82) is 0 Å². The largest absolute Gasteiger partial charge is 0.287 e. The van der Waals surface area contributed by atoms with Crippen molar-refractivity contribution in [2.75, 3.05) is 0 Å². The fourth-order valence-corrected chi connectivity index (χ4v) is 2.52. The van der Waals surface area contributed by atoms with Crippen molar-refractivity contribution in [3.05, 3.63) is 77.5 Å². The molecule has 0 N–H and O–H groups in total. The molecule has 0 amide bonds. The molecule has 1 heterocycles. The SMILES string of the molecule is Br.Cc1ccc(C(=O)C[n+]2cccc3cc(C)ccc32)cc1. The van der Waals surface area contributed by atoms with Crippen LogP contribution in [0.3, 0.4) is 0 Å². The summed E-state index contributed by atoms with van der Waals surface area (Å²) in [5, 5.41) is 1.16. The van der Waals surface area contributed by atoms with Gasteiger partial charge in [-0.2, -0.15) is 4.57 Å². The molecular weight excluding hydrogens is 338 g/mol. The van der Waals surface area contributed by atoms with Gasteiger partial charge in [0.1, 0.15) is 0 Å². The maximum Gasteiger partial charge on any atom is 0.227 e. The Labute approximate surface area is 141 Å². The summed E-state index contributed by atoms with van der Waals surface area (Å²) < 4.78 is 2.01. The lowest BCUT2D eigenvalue weighted by molar-refractivity contribution is -0.657. The molecule has 0 spiro atoms. The van der Waals surface area contributed by atoms with Crippen LogP contribution in [0.2, 0.25) is 0 Å². The Morgan fingerprint density at radius 3 is 2.36 bits per heavy atom. The van der Waals surface area contributed by atoms with Crippen LogP contribution >= 0.6 is 17.0 Å². The normalized spacial score (nSPS) is 10.3. The van der Waals surface area contributed by atoms with Crippen LogP contribution in [0, 0.1) is 13.8 Å². The number of hydrogen-bond donors (Lipinski definition) is 0. The smallest absolute Gasteiger partial charge is 0.227 e. The van der Waals surface area contributed by atoms with Gasteiger partial charge in [0.05, 0.1) is 0 Å². The van der Waals surface area contributed by atoms with Gasteiger partial charge >= 0.3 is 0 Å². The molecule has 0 saturated heterocycles. The van der Waals surface area contributed by atoms with E-state index in [1.807, 2.05) is 48.0 Å². The molecule has 0 fully saturated rings. The molecule has 0 radical (unpaired) electrons. The van der Waals surface area contributed by atoms with Crippen molar-refractivity contribution < 1.29 is 9.36 Å². The molecule has 22 heavy (non-hydrogen) atoms. The molecule has 1 aromatic heterocycles. The number of carbonyl (C=O) groups is 1. The number of pyridine rings is 1. The standard InChI is InChI=1S/C19H18NO.BrH/c1-14-5-8-16(9-6-14)19(21)13-20-11-3-4-17-12-15(2)7-10-18(17)20;/h3-12H,13H2,1-2H3;1H/q+1;. The van der Waals surface area contributed by atoms with Crippen LogP contribution in [0.25, 0.3) is 10.9 Å². The van der Waals surface area contributed by atoms with E-state index in [2.05, 4.69) is 31.2 Å². The van der Waals surface area contributed by atoms with E-state index in [4.69, 9.17) is 0 Å². The van der Waals surface area contributed by atoms with E-state index in [1.165, 1.54) is 11.1 Å². The van der Waals surface area contributed by atoms with E-state index in [-0.39, 0.29) is 22.8 Å². The van der Waals surface area contributed by atoms with Crippen LogP contribution in [0.15, 0.2) is 60.8 Å². The molecule has 3 heteroatoms. The van der Waals surface area contributed by atoms with E-state index >= 15 is 0 Å². The maximum absolute atomic E-state index is 12.4. The predicted octanol–water partition coefficient (Wildman–Crippen LogP) is 4.20. The van der Waals surface area contributed by atoms with Crippen LogP contribution in [0.1, 0.15) is 21.5 Å². The first-order valence-electron chi connectivity index (χ1n) is 7.12. The Morgan fingerprint density at radius 1 is 0.955 bits per heavy atom. The summed E-state index contributed by atoms with van der Waals surface area (Å²) in [6.45, 7) is 4.47.